The molecule has 114 valence electrons. The Kier molecular flexibility index (Phi) is 5.54. The fraction of sp³-hybridized carbons (Fsp3) is 0.176. The van der Waals surface area contributed by atoms with E-state index in [0.717, 1.165) is 17.1 Å². The molecule has 0 spiro atoms. The summed E-state index contributed by atoms with van der Waals surface area (Å²) < 4.78 is 0. The summed E-state index contributed by atoms with van der Waals surface area (Å²) >= 11 is 0. The summed E-state index contributed by atoms with van der Waals surface area (Å²) in [6.07, 6.45) is 0.377. The predicted octanol–water partition coefficient (Wildman–Crippen LogP) is 3.09. The smallest absolute Gasteiger partial charge is 0.226 e. The van der Waals surface area contributed by atoms with Gasteiger partial charge in [0.15, 0.2) is 0 Å². The topological polar surface area (TPSA) is 70.2 Å². The highest BCUT2D eigenvalue weighted by Crippen LogP contribution is 2.13. The zero-order chi connectivity index (χ0) is 15.8. The van der Waals surface area contributed by atoms with E-state index in [4.69, 9.17) is 0 Å². The van der Waals surface area contributed by atoms with Crippen LogP contribution in [0.2, 0.25) is 0 Å². The van der Waals surface area contributed by atoms with Gasteiger partial charge in [-0.2, -0.15) is 0 Å². The maximum absolute atomic E-state index is 11.8. The van der Waals surface area contributed by atoms with Crippen molar-refractivity contribution in [3.63, 3.8) is 0 Å². The Bertz CT molecular complexity index is 624. The average Bonchev–Trinajstić information content (AvgIpc) is 2.49. The monoisotopic (exact) mass is 297 g/mol. The molecule has 0 saturated heterocycles. The molecule has 0 unspecified atom stereocenters. The summed E-state index contributed by atoms with van der Waals surface area (Å²) in [7, 11) is 0. The van der Waals surface area contributed by atoms with E-state index in [9.17, 15) is 9.59 Å². The zero-order valence-electron chi connectivity index (χ0n) is 12.4. The maximum atomic E-state index is 11.8. The molecule has 2 aromatic rings. The minimum Gasteiger partial charge on any atom is -0.385 e. The molecule has 2 rings (SSSR count). The van der Waals surface area contributed by atoms with E-state index in [0.29, 0.717) is 13.0 Å². The van der Waals surface area contributed by atoms with E-state index in [1.807, 2.05) is 54.6 Å². The van der Waals surface area contributed by atoms with Crippen molar-refractivity contribution in [2.75, 3.05) is 22.5 Å². The molecule has 0 atom stereocenters. The average molecular weight is 297 g/mol. The Balaban J connectivity index is 1.74. The Morgan fingerprint density at radius 1 is 0.818 bits per heavy atom. The minimum atomic E-state index is -0.0988. The van der Waals surface area contributed by atoms with Crippen molar-refractivity contribution >= 4 is 28.9 Å². The lowest BCUT2D eigenvalue weighted by Crippen LogP contribution is -2.16. The first-order chi connectivity index (χ1) is 10.6. The third kappa shape index (κ3) is 5.28. The molecule has 0 fully saturated rings. The van der Waals surface area contributed by atoms with Crippen LogP contribution in [0.1, 0.15) is 13.3 Å². The molecule has 5 nitrogen and oxygen atoms in total. The third-order valence-corrected chi connectivity index (χ3v) is 2.94. The van der Waals surface area contributed by atoms with Gasteiger partial charge in [0, 0.05) is 37.0 Å². The second kappa shape index (κ2) is 7.83. The number of benzene rings is 2. The van der Waals surface area contributed by atoms with Crippen molar-refractivity contribution < 1.29 is 9.59 Å². The van der Waals surface area contributed by atoms with E-state index in [2.05, 4.69) is 16.0 Å². The van der Waals surface area contributed by atoms with Crippen LogP contribution < -0.4 is 16.0 Å². The van der Waals surface area contributed by atoms with Crippen LogP contribution in [0.25, 0.3) is 0 Å². The van der Waals surface area contributed by atoms with Gasteiger partial charge in [-0.1, -0.05) is 18.2 Å². The quantitative estimate of drug-likeness (QED) is 0.767. The number of hydrogen-bond donors (Lipinski definition) is 3. The van der Waals surface area contributed by atoms with Gasteiger partial charge in [0.25, 0.3) is 0 Å². The first-order valence-electron chi connectivity index (χ1n) is 7.10. The van der Waals surface area contributed by atoms with Crippen molar-refractivity contribution in [3.8, 4) is 0 Å². The largest absolute Gasteiger partial charge is 0.385 e. The number of nitrogens with one attached hydrogen (secondary N) is 3. The lowest BCUT2D eigenvalue weighted by atomic mass is 10.2. The fourth-order valence-electron chi connectivity index (χ4n) is 1.94. The van der Waals surface area contributed by atoms with Crippen molar-refractivity contribution in [1.82, 2.24) is 0 Å². The van der Waals surface area contributed by atoms with Gasteiger partial charge in [-0.3, -0.25) is 9.59 Å². The Hall–Kier alpha value is -2.82. The Labute approximate surface area is 129 Å². The van der Waals surface area contributed by atoms with E-state index in [1.165, 1.54) is 6.92 Å². The molecule has 3 N–H and O–H groups in total. The van der Waals surface area contributed by atoms with Crippen molar-refractivity contribution in [2.45, 2.75) is 13.3 Å². The normalized spacial score (nSPS) is 9.86. The van der Waals surface area contributed by atoms with Crippen molar-refractivity contribution in [1.29, 1.82) is 0 Å². The summed E-state index contributed by atoms with van der Waals surface area (Å²) in [5.74, 6) is -0.133. The molecule has 0 bridgehead atoms. The van der Waals surface area contributed by atoms with Crippen LogP contribution in [0, 0.1) is 0 Å². The molecule has 2 aromatic carbocycles. The Morgan fingerprint density at radius 2 is 1.41 bits per heavy atom. The van der Waals surface area contributed by atoms with Gasteiger partial charge < -0.3 is 16.0 Å². The number of amides is 2. The van der Waals surface area contributed by atoms with Gasteiger partial charge in [-0.25, -0.2) is 0 Å². The van der Waals surface area contributed by atoms with Crippen LogP contribution in [0.4, 0.5) is 17.1 Å². The van der Waals surface area contributed by atoms with Crippen molar-refractivity contribution in [3.05, 3.63) is 54.6 Å². The number of rotatable bonds is 6. The van der Waals surface area contributed by atoms with Gasteiger partial charge >= 0.3 is 0 Å². The van der Waals surface area contributed by atoms with Gasteiger partial charge in [0.2, 0.25) is 11.8 Å². The fourth-order valence-corrected chi connectivity index (χ4v) is 1.94. The van der Waals surface area contributed by atoms with Crippen LogP contribution in [0.5, 0.6) is 0 Å². The minimum absolute atomic E-state index is 0.0337. The lowest BCUT2D eigenvalue weighted by molar-refractivity contribution is -0.116. The van der Waals surface area contributed by atoms with Crippen LogP contribution in [0.15, 0.2) is 54.6 Å². The molecule has 0 aliphatic heterocycles. The summed E-state index contributed by atoms with van der Waals surface area (Å²) in [4.78, 5) is 22.7. The molecule has 2 amide bonds. The van der Waals surface area contributed by atoms with E-state index in [1.54, 1.807) is 0 Å². The highest BCUT2D eigenvalue weighted by Gasteiger charge is 2.02. The second-order valence-electron chi connectivity index (χ2n) is 4.85. The Morgan fingerprint density at radius 3 is 2.05 bits per heavy atom. The first-order valence-corrected chi connectivity index (χ1v) is 7.10. The summed E-state index contributed by atoms with van der Waals surface area (Å²) in [6.45, 7) is 2.01. The molecule has 0 radical (unpaired) electrons. The van der Waals surface area contributed by atoms with Crippen LogP contribution in [0.3, 0.4) is 0 Å². The van der Waals surface area contributed by atoms with E-state index < -0.39 is 0 Å². The molecular formula is C17H19N3O2. The number of carbonyl (C=O) groups excluding carboxylic acids is 2. The molecule has 0 aliphatic rings. The van der Waals surface area contributed by atoms with Gasteiger partial charge in [0.05, 0.1) is 0 Å². The molecule has 0 saturated carbocycles. The summed E-state index contributed by atoms with van der Waals surface area (Å²) in [6, 6.07) is 16.7. The van der Waals surface area contributed by atoms with E-state index >= 15 is 0 Å². The molecule has 0 aromatic heterocycles. The van der Waals surface area contributed by atoms with E-state index in [-0.39, 0.29) is 11.8 Å². The van der Waals surface area contributed by atoms with Crippen LogP contribution >= 0.6 is 0 Å². The number of hydrogen-bond acceptors (Lipinski definition) is 3. The highest BCUT2D eigenvalue weighted by molar-refractivity contribution is 5.91. The summed E-state index contributed by atoms with van der Waals surface area (Å²) in [5, 5.41) is 8.70. The number of para-hydroxylation sites is 1. The van der Waals surface area contributed by atoms with Crippen LogP contribution in [-0.4, -0.2) is 18.4 Å². The van der Waals surface area contributed by atoms with Crippen LogP contribution in [-0.2, 0) is 9.59 Å². The zero-order valence-corrected chi connectivity index (χ0v) is 12.4. The molecule has 0 heterocycles. The molecular weight excluding hydrogens is 278 g/mol. The lowest BCUT2D eigenvalue weighted by Gasteiger charge is -2.08. The second-order valence-corrected chi connectivity index (χ2v) is 4.85. The van der Waals surface area contributed by atoms with Gasteiger partial charge in [0.1, 0.15) is 0 Å². The third-order valence-electron chi connectivity index (χ3n) is 2.94. The van der Waals surface area contributed by atoms with Gasteiger partial charge in [-0.15, -0.1) is 0 Å². The molecule has 5 heteroatoms. The predicted molar refractivity (Wildman–Crippen MR) is 88.9 cm³/mol. The highest BCUT2D eigenvalue weighted by atomic mass is 16.2. The standard InChI is InChI=1S/C17H19N3O2/c1-13(21)19-16-9-7-14(8-10-16)18-12-11-17(22)20-15-5-3-2-4-6-15/h2-10,18H,11-12H2,1H3,(H,19,21)(H,20,22). The van der Waals surface area contributed by atoms with Crippen molar-refractivity contribution in [2.24, 2.45) is 0 Å². The van der Waals surface area contributed by atoms with Gasteiger partial charge in [-0.05, 0) is 36.4 Å². The molecule has 22 heavy (non-hydrogen) atoms. The number of carbonyl (C=O) groups is 2. The SMILES string of the molecule is CC(=O)Nc1ccc(NCCC(=O)Nc2ccccc2)cc1. The number of anilines is 3. The first kappa shape index (κ1) is 15.6. The summed E-state index contributed by atoms with van der Waals surface area (Å²) in [5.41, 5.74) is 2.45. The molecule has 0 aliphatic carbocycles. The maximum Gasteiger partial charge on any atom is 0.226 e.